The summed E-state index contributed by atoms with van der Waals surface area (Å²) in [5.74, 6) is 4.83. The number of carbonyl (C=O) groups excluding carboxylic acids is 1. The second-order valence-corrected chi connectivity index (χ2v) is 16.1. The molecule has 2 atom stereocenters. The zero-order valence-corrected chi connectivity index (χ0v) is 24.2. The first kappa shape index (κ1) is 22.9. The number of likely N-dealkylation sites (tertiary alicyclic amines) is 1. The van der Waals surface area contributed by atoms with Gasteiger partial charge in [-0.05, 0) is 61.7 Å². The van der Waals surface area contributed by atoms with Gasteiger partial charge in [-0.15, -0.1) is 0 Å². The fourth-order valence-electron chi connectivity index (χ4n) is 8.75. The van der Waals surface area contributed by atoms with E-state index >= 15 is 0 Å². The van der Waals surface area contributed by atoms with Crippen molar-refractivity contribution in [1.29, 1.82) is 0 Å². The summed E-state index contributed by atoms with van der Waals surface area (Å²) in [5.41, 5.74) is 4.23. The third-order valence-corrected chi connectivity index (χ3v) is 15.1. The summed E-state index contributed by atoms with van der Waals surface area (Å²) < 4.78 is 8.74. The molecule has 1 amide bonds. The first-order valence-corrected chi connectivity index (χ1v) is 20.7. The van der Waals surface area contributed by atoms with Gasteiger partial charge in [-0.1, -0.05) is 0 Å². The molecule has 1 aromatic carbocycles. The molecule has 0 radical (unpaired) electrons. The van der Waals surface area contributed by atoms with E-state index in [2.05, 4.69) is 49.7 Å². The van der Waals surface area contributed by atoms with Crippen molar-refractivity contribution in [2.45, 2.75) is 56.9 Å². The molecule has 2 heterocycles. The molecule has 5 nitrogen and oxygen atoms in total. The topological polar surface area (TPSA) is 36.0 Å². The molecular weight excluding hydrogens is 652 g/mol. The summed E-state index contributed by atoms with van der Waals surface area (Å²) in [7, 11) is 0. The molecule has 0 spiro atoms. The summed E-state index contributed by atoms with van der Waals surface area (Å²) in [4.78, 5) is 18.0. The Hall–Kier alpha value is -0.290. The zero-order valence-electron chi connectivity index (χ0n) is 19.9. The molecule has 2 saturated heterocycles. The van der Waals surface area contributed by atoms with Crippen molar-refractivity contribution in [1.82, 2.24) is 8.01 Å². The fraction of sp³-hybridized carbons (Fsp3) is 0.741. The van der Waals surface area contributed by atoms with Crippen molar-refractivity contribution in [2.75, 3.05) is 44.2 Å². The molecule has 0 N–H and O–H groups in total. The SMILES string of the molecule is O=C(OCC1C2CC3CC(C2)CC1C3)N1CCC2CC1c1cc(N3CCN([I-]I)CC3)ccc12. The molecule has 2 unspecified atom stereocenters. The molecule has 186 valence electrons. The van der Waals surface area contributed by atoms with Gasteiger partial charge in [0, 0.05) is 0 Å². The van der Waals surface area contributed by atoms with E-state index in [1.165, 1.54) is 62.0 Å². The number of piperidine rings is 1. The van der Waals surface area contributed by atoms with Crippen molar-refractivity contribution in [3.05, 3.63) is 29.3 Å². The van der Waals surface area contributed by atoms with Crippen molar-refractivity contribution in [2.24, 2.45) is 29.6 Å². The summed E-state index contributed by atoms with van der Waals surface area (Å²) in [6.45, 7) is 6.11. The van der Waals surface area contributed by atoms with Crippen molar-refractivity contribution in [3.8, 4) is 0 Å². The van der Waals surface area contributed by atoms with Crippen LogP contribution in [0.5, 0.6) is 0 Å². The number of benzene rings is 1. The van der Waals surface area contributed by atoms with Crippen LogP contribution in [0.4, 0.5) is 10.5 Å². The molecule has 8 rings (SSSR count). The Labute approximate surface area is 224 Å². The van der Waals surface area contributed by atoms with Crippen LogP contribution in [-0.2, 0) is 4.74 Å². The van der Waals surface area contributed by atoms with Gasteiger partial charge >= 0.3 is 164 Å². The third kappa shape index (κ3) is 3.98. The van der Waals surface area contributed by atoms with Crippen LogP contribution in [0.15, 0.2) is 18.2 Å². The zero-order chi connectivity index (χ0) is 22.8. The number of ether oxygens (including phenoxy) is 1. The maximum atomic E-state index is 13.4. The van der Waals surface area contributed by atoms with Crippen LogP contribution in [-0.4, -0.2) is 53.4 Å². The Morgan fingerprint density at radius 1 is 0.941 bits per heavy atom. The molecule has 1 aromatic rings. The Morgan fingerprint density at radius 2 is 1.68 bits per heavy atom. The minimum absolute atomic E-state index is 0.0462. The average molecular weight is 688 g/mol. The van der Waals surface area contributed by atoms with E-state index < -0.39 is 0 Å². The van der Waals surface area contributed by atoms with Crippen LogP contribution < -0.4 is 22.4 Å². The van der Waals surface area contributed by atoms with E-state index in [0.717, 1.165) is 56.1 Å². The van der Waals surface area contributed by atoms with Crippen LogP contribution in [0.2, 0.25) is 0 Å². The van der Waals surface area contributed by atoms with E-state index in [0.29, 0.717) is 18.4 Å². The molecule has 4 saturated carbocycles. The van der Waals surface area contributed by atoms with Gasteiger partial charge in [0.15, 0.2) is 0 Å². The molecular formula is C27H36I2N3O2-. The number of fused-ring (bicyclic) bond motifs is 5. The monoisotopic (exact) mass is 688 g/mol. The van der Waals surface area contributed by atoms with Crippen molar-refractivity contribution < 1.29 is 27.0 Å². The summed E-state index contributed by atoms with van der Waals surface area (Å²) >= 11 is 2.75. The molecule has 2 aliphatic heterocycles. The first-order valence-electron chi connectivity index (χ1n) is 13.5. The number of piperazine rings is 1. The van der Waals surface area contributed by atoms with Crippen LogP contribution in [0.25, 0.3) is 0 Å². The number of halogens is 2. The number of anilines is 1. The van der Waals surface area contributed by atoms with Gasteiger partial charge in [0.25, 0.3) is 0 Å². The average Bonchev–Trinajstić information content (AvgIpc) is 3.14. The van der Waals surface area contributed by atoms with Gasteiger partial charge in [0.1, 0.15) is 0 Å². The second-order valence-electron chi connectivity index (χ2n) is 11.9. The van der Waals surface area contributed by atoms with Crippen molar-refractivity contribution >= 4 is 30.4 Å². The van der Waals surface area contributed by atoms with Crippen LogP contribution in [0.1, 0.15) is 68.0 Å². The number of hydrogen-bond acceptors (Lipinski definition) is 4. The Balaban J connectivity index is 1.04. The van der Waals surface area contributed by atoms with Gasteiger partial charge in [-0.3, -0.25) is 0 Å². The first-order chi connectivity index (χ1) is 16.7. The Bertz CT molecular complexity index is 922. The number of nitrogens with zero attached hydrogens (tertiary/aromatic N) is 3. The third-order valence-electron chi connectivity index (χ3n) is 10.2. The van der Waals surface area contributed by atoms with Gasteiger partial charge in [0.2, 0.25) is 0 Å². The standard InChI is InChI=1S/C27H36I2N3O2/c28-29-31-7-5-30(6-8-31)22-1-2-23-19-3-4-32(26(14-19)24(23)15-22)27(33)34-16-25-20-10-17-9-18(12-20)13-21(25)11-17/h1-2,15,17-21,25-26H,3-14,16H2/q-1. The van der Waals surface area contributed by atoms with Crippen LogP contribution >= 0.6 is 18.6 Å². The summed E-state index contributed by atoms with van der Waals surface area (Å²) in [5, 5.41) is 0. The predicted molar refractivity (Wildman–Crippen MR) is 138 cm³/mol. The molecule has 34 heavy (non-hydrogen) atoms. The Morgan fingerprint density at radius 3 is 2.38 bits per heavy atom. The van der Waals surface area contributed by atoms with E-state index in [1.54, 1.807) is 0 Å². The molecule has 6 bridgehead atoms. The fourth-order valence-corrected chi connectivity index (χ4v) is 12.0. The van der Waals surface area contributed by atoms with Crippen LogP contribution in [0, 0.1) is 29.6 Å². The van der Waals surface area contributed by atoms with Crippen molar-refractivity contribution in [3.63, 3.8) is 0 Å². The molecule has 7 aliphatic rings. The van der Waals surface area contributed by atoms with Gasteiger partial charge in [-0.25, -0.2) is 0 Å². The van der Waals surface area contributed by atoms with Gasteiger partial charge in [0.05, 0.1) is 0 Å². The van der Waals surface area contributed by atoms with E-state index in [9.17, 15) is 4.79 Å². The molecule has 6 fully saturated rings. The quantitative estimate of drug-likeness (QED) is 0.361. The van der Waals surface area contributed by atoms with E-state index in [1.807, 2.05) is 0 Å². The normalized spacial score (nSPS) is 38.4. The summed E-state index contributed by atoms with van der Waals surface area (Å²) in [6.07, 6.45) is 9.18. The van der Waals surface area contributed by atoms with Gasteiger partial charge < -0.3 is 0 Å². The predicted octanol–water partition coefficient (Wildman–Crippen LogP) is 2.61. The minimum atomic E-state index is -0.0462. The van der Waals surface area contributed by atoms with Crippen LogP contribution in [0.3, 0.4) is 0 Å². The Kier molecular flexibility index (Phi) is 6.21. The molecule has 7 heteroatoms. The number of rotatable bonds is 4. The number of amides is 1. The number of carbonyl (C=O) groups is 1. The summed E-state index contributed by atoms with van der Waals surface area (Å²) in [6, 6.07) is 7.33. The van der Waals surface area contributed by atoms with E-state index in [4.69, 9.17) is 4.74 Å². The van der Waals surface area contributed by atoms with Gasteiger partial charge in [-0.2, -0.15) is 0 Å². The van der Waals surface area contributed by atoms with E-state index in [-0.39, 0.29) is 29.6 Å². The maximum absolute atomic E-state index is 13.4. The number of hydrogen-bond donors (Lipinski definition) is 0. The molecule has 0 aromatic heterocycles. The second kappa shape index (κ2) is 9.23. The molecule has 5 aliphatic carbocycles.